The maximum atomic E-state index is 5.25. The van der Waals surface area contributed by atoms with Gasteiger partial charge in [-0.2, -0.15) is 0 Å². The fraction of sp³-hybridized carbons (Fsp3) is 0.105. The van der Waals surface area contributed by atoms with Crippen LogP contribution in [-0.4, -0.2) is 19.1 Å². The van der Waals surface area contributed by atoms with Gasteiger partial charge in [-0.25, -0.2) is 0 Å². The molecule has 2 aliphatic heterocycles. The Kier molecular flexibility index (Phi) is 3.76. The van der Waals surface area contributed by atoms with Crippen LogP contribution in [0, 0.1) is 5.92 Å². The molecule has 0 saturated heterocycles. The van der Waals surface area contributed by atoms with E-state index in [1.54, 1.807) is 0 Å². The van der Waals surface area contributed by atoms with Crippen LogP contribution in [0.5, 0.6) is 0 Å². The molecule has 8 aromatic rings. The van der Waals surface area contributed by atoms with Gasteiger partial charge in [0.05, 0.1) is 33.6 Å². The van der Waals surface area contributed by atoms with Gasteiger partial charge >= 0.3 is 0 Å². The first-order valence-electron chi connectivity index (χ1n) is 14.9. The summed E-state index contributed by atoms with van der Waals surface area (Å²) in [4.78, 5) is 10.5. The number of hydrogen-bond donors (Lipinski definition) is 0. The number of benzene rings is 4. The van der Waals surface area contributed by atoms with Gasteiger partial charge in [-0.15, -0.1) is 0 Å². The first kappa shape index (κ1) is 21.5. The first-order valence-corrected chi connectivity index (χ1v) is 14.9. The summed E-state index contributed by atoms with van der Waals surface area (Å²) < 4.78 is 5.09. The van der Waals surface area contributed by atoms with Crippen molar-refractivity contribution < 1.29 is 0 Å². The van der Waals surface area contributed by atoms with E-state index in [4.69, 9.17) is 9.97 Å². The van der Waals surface area contributed by atoms with Gasteiger partial charge < -0.3 is 9.13 Å². The summed E-state index contributed by atoms with van der Waals surface area (Å²) in [6, 6.07) is 27.1. The number of nitrogens with zero attached hydrogens (tertiary/aromatic N) is 4. The molecule has 0 fully saturated rings. The number of pyridine rings is 4. The number of para-hydroxylation sites is 3. The molecular weight excluding hydrogens is 512 g/mol. The van der Waals surface area contributed by atoms with E-state index in [0.29, 0.717) is 5.92 Å². The Hall–Kier alpha value is -5.22. The number of allylic oxidation sites excluding steroid dienone is 4. The molecule has 4 aromatic heterocycles. The number of fused-ring (bicyclic) bond motifs is 12. The molecule has 6 heterocycles. The Labute approximate surface area is 240 Å². The lowest BCUT2D eigenvalue weighted by molar-refractivity contribution is 0.452. The zero-order valence-electron chi connectivity index (χ0n) is 22.8. The van der Waals surface area contributed by atoms with Gasteiger partial charge in [0.25, 0.3) is 0 Å². The molecule has 0 bridgehead atoms. The molecule has 1 aliphatic carbocycles. The number of rotatable bonds is 0. The lowest BCUT2D eigenvalue weighted by atomic mass is 9.82. The van der Waals surface area contributed by atoms with Gasteiger partial charge in [-0.1, -0.05) is 78.9 Å². The molecule has 4 heteroatoms. The maximum absolute atomic E-state index is 5.25. The van der Waals surface area contributed by atoms with Crippen molar-refractivity contribution in [1.82, 2.24) is 19.1 Å². The summed E-state index contributed by atoms with van der Waals surface area (Å²) >= 11 is 0. The molecule has 2 unspecified atom stereocenters. The Bertz CT molecular complexity index is 2590. The third kappa shape index (κ3) is 2.39. The summed E-state index contributed by atoms with van der Waals surface area (Å²) in [6.45, 7) is 0. The van der Waals surface area contributed by atoms with Gasteiger partial charge in [0.1, 0.15) is 0 Å². The van der Waals surface area contributed by atoms with Gasteiger partial charge in [0, 0.05) is 68.3 Å². The summed E-state index contributed by atoms with van der Waals surface area (Å²) in [5.74, 6) is 0.426. The monoisotopic (exact) mass is 536 g/mol. The summed E-state index contributed by atoms with van der Waals surface area (Å²) in [5, 5.41) is 7.64. The lowest BCUT2D eigenvalue weighted by Gasteiger charge is -2.36. The average molecular weight is 537 g/mol. The molecule has 2 atom stereocenters. The third-order valence-corrected chi connectivity index (χ3v) is 10.1. The number of aromatic nitrogens is 4. The van der Waals surface area contributed by atoms with E-state index in [9.17, 15) is 0 Å². The SMILES string of the molecule is C1=CC2Cc3cnc4c5ncc6c7c5c(c5ccccc5n7-c5ccccc5C6)c5c6ccccc6n(c3c45)C2C=C1. The van der Waals surface area contributed by atoms with E-state index in [0.717, 1.165) is 23.9 Å². The predicted octanol–water partition coefficient (Wildman–Crippen LogP) is 8.73. The van der Waals surface area contributed by atoms with Crippen molar-refractivity contribution in [3.63, 3.8) is 0 Å². The van der Waals surface area contributed by atoms with E-state index in [2.05, 4.69) is 119 Å². The third-order valence-electron chi connectivity index (χ3n) is 10.1. The topological polar surface area (TPSA) is 35.6 Å². The molecule has 42 heavy (non-hydrogen) atoms. The van der Waals surface area contributed by atoms with Crippen LogP contribution >= 0.6 is 0 Å². The Morgan fingerprint density at radius 3 is 2.12 bits per heavy atom. The molecule has 0 saturated carbocycles. The molecule has 11 rings (SSSR count). The van der Waals surface area contributed by atoms with E-state index in [-0.39, 0.29) is 6.04 Å². The van der Waals surface area contributed by atoms with Crippen LogP contribution in [0.2, 0.25) is 0 Å². The van der Waals surface area contributed by atoms with Gasteiger partial charge in [0.2, 0.25) is 0 Å². The van der Waals surface area contributed by atoms with E-state index < -0.39 is 0 Å². The normalized spacial score (nSPS) is 18.6. The van der Waals surface area contributed by atoms with Crippen LogP contribution in [0.4, 0.5) is 0 Å². The van der Waals surface area contributed by atoms with Crippen LogP contribution in [0.15, 0.2) is 109 Å². The highest BCUT2D eigenvalue weighted by Crippen LogP contribution is 2.50. The standard InChI is InChI=1S/C38H24N4/c1-5-13-27-21(9-1)17-23-19-39-35-33-31(25-11-3-7-15-29(25)41(27)37(23)33)32-26-12-4-8-16-30(26)42-28-14-6-2-10-22(28)18-24-20-40-36(35)34(32)38(24)42/h1-16,19-21,27H,17-18H2. The van der Waals surface area contributed by atoms with Crippen LogP contribution in [-0.2, 0) is 12.8 Å². The van der Waals surface area contributed by atoms with Crippen LogP contribution in [0.25, 0.3) is 71.1 Å². The average Bonchev–Trinajstić information content (AvgIpc) is 3.05. The van der Waals surface area contributed by atoms with Crippen LogP contribution in [0.3, 0.4) is 0 Å². The summed E-state index contributed by atoms with van der Waals surface area (Å²) in [7, 11) is 0. The highest BCUT2D eigenvalue weighted by molar-refractivity contribution is 6.40. The van der Waals surface area contributed by atoms with Crippen LogP contribution < -0.4 is 0 Å². The molecule has 0 amide bonds. The van der Waals surface area contributed by atoms with Crippen molar-refractivity contribution in [2.24, 2.45) is 5.92 Å². The minimum atomic E-state index is 0.283. The smallest absolute Gasteiger partial charge is 0.0993 e. The largest absolute Gasteiger partial charge is 0.332 e. The van der Waals surface area contributed by atoms with Crippen molar-refractivity contribution in [2.45, 2.75) is 18.9 Å². The zero-order valence-corrected chi connectivity index (χ0v) is 22.8. The maximum Gasteiger partial charge on any atom is 0.0993 e. The van der Waals surface area contributed by atoms with Crippen molar-refractivity contribution >= 4 is 65.4 Å². The van der Waals surface area contributed by atoms with Crippen molar-refractivity contribution in [3.05, 3.63) is 126 Å². The second-order valence-corrected chi connectivity index (χ2v) is 12.1. The number of hydrogen-bond acceptors (Lipinski definition) is 2. The zero-order chi connectivity index (χ0) is 27.1. The molecule has 0 spiro atoms. The molecule has 0 radical (unpaired) electrons. The van der Waals surface area contributed by atoms with E-state index in [1.165, 1.54) is 76.8 Å². The first-order chi connectivity index (χ1) is 20.9. The Morgan fingerprint density at radius 2 is 1.26 bits per heavy atom. The molecule has 3 aliphatic rings. The Morgan fingerprint density at radius 1 is 0.595 bits per heavy atom. The second kappa shape index (κ2) is 7.34. The van der Waals surface area contributed by atoms with Crippen LogP contribution in [0.1, 0.15) is 22.7 Å². The molecule has 4 aromatic carbocycles. The fourth-order valence-electron chi connectivity index (χ4n) is 8.53. The summed E-state index contributed by atoms with van der Waals surface area (Å²) in [6.07, 6.45) is 15.3. The molecule has 4 nitrogen and oxygen atoms in total. The highest BCUT2D eigenvalue weighted by Gasteiger charge is 2.33. The van der Waals surface area contributed by atoms with Gasteiger partial charge in [-0.3, -0.25) is 9.97 Å². The quantitative estimate of drug-likeness (QED) is 0.143. The summed E-state index contributed by atoms with van der Waals surface area (Å²) in [5.41, 5.74) is 12.3. The minimum absolute atomic E-state index is 0.283. The lowest BCUT2D eigenvalue weighted by Crippen LogP contribution is -2.26. The second-order valence-electron chi connectivity index (χ2n) is 12.1. The van der Waals surface area contributed by atoms with Gasteiger partial charge in [-0.05, 0) is 41.3 Å². The molecular formula is C38H24N4. The minimum Gasteiger partial charge on any atom is -0.332 e. The fourth-order valence-corrected chi connectivity index (χ4v) is 8.53. The Balaban J connectivity index is 1.49. The highest BCUT2D eigenvalue weighted by atomic mass is 15.0. The van der Waals surface area contributed by atoms with Crippen molar-refractivity contribution in [2.75, 3.05) is 0 Å². The van der Waals surface area contributed by atoms with Crippen molar-refractivity contribution in [3.8, 4) is 5.69 Å². The predicted molar refractivity (Wildman–Crippen MR) is 172 cm³/mol. The van der Waals surface area contributed by atoms with E-state index >= 15 is 0 Å². The van der Waals surface area contributed by atoms with E-state index in [1.807, 2.05) is 0 Å². The molecule has 0 N–H and O–H groups in total. The van der Waals surface area contributed by atoms with Gasteiger partial charge in [0.15, 0.2) is 0 Å². The molecule has 196 valence electrons. The van der Waals surface area contributed by atoms with Crippen molar-refractivity contribution in [1.29, 1.82) is 0 Å².